The van der Waals surface area contributed by atoms with E-state index in [-0.39, 0.29) is 12.1 Å². The molecule has 2 N–H and O–H groups in total. The summed E-state index contributed by atoms with van der Waals surface area (Å²) < 4.78 is 11.5. The molecule has 0 fully saturated rings. The molecule has 3 nitrogen and oxygen atoms in total. The Morgan fingerprint density at radius 1 is 1.05 bits per heavy atom. The lowest BCUT2D eigenvalue weighted by Crippen LogP contribution is -2.24. The Morgan fingerprint density at radius 2 is 1.74 bits per heavy atom. The first kappa shape index (κ1) is 12.1. The van der Waals surface area contributed by atoms with Crippen LogP contribution in [0.4, 0.5) is 0 Å². The maximum Gasteiger partial charge on any atom is 0.129 e. The van der Waals surface area contributed by atoms with E-state index in [9.17, 15) is 0 Å². The van der Waals surface area contributed by atoms with Gasteiger partial charge >= 0.3 is 0 Å². The van der Waals surface area contributed by atoms with Crippen LogP contribution in [0.3, 0.4) is 0 Å². The maximum absolute atomic E-state index is 6.24. The Balaban J connectivity index is 1.97. The van der Waals surface area contributed by atoms with Crippen molar-refractivity contribution in [3.05, 3.63) is 59.7 Å². The van der Waals surface area contributed by atoms with Gasteiger partial charge in [-0.05, 0) is 12.1 Å². The van der Waals surface area contributed by atoms with Crippen LogP contribution in [0.1, 0.15) is 29.7 Å². The molecule has 0 saturated heterocycles. The van der Waals surface area contributed by atoms with Crippen molar-refractivity contribution in [2.45, 2.75) is 18.6 Å². The molecule has 2 aromatic carbocycles. The second kappa shape index (κ2) is 4.94. The highest BCUT2D eigenvalue weighted by molar-refractivity contribution is 5.42. The molecule has 3 heteroatoms. The molecule has 0 aromatic heterocycles. The van der Waals surface area contributed by atoms with E-state index in [1.54, 1.807) is 7.11 Å². The van der Waals surface area contributed by atoms with Crippen molar-refractivity contribution < 1.29 is 9.47 Å². The molecule has 0 aliphatic carbocycles. The third kappa shape index (κ3) is 2.17. The van der Waals surface area contributed by atoms with Gasteiger partial charge in [0, 0.05) is 23.6 Å². The molecule has 1 unspecified atom stereocenters. The van der Waals surface area contributed by atoms with Crippen molar-refractivity contribution in [2.75, 3.05) is 7.11 Å². The summed E-state index contributed by atoms with van der Waals surface area (Å²) in [5.41, 5.74) is 8.37. The van der Waals surface area contributed by atoms with E-state index in [2.05, 4.69) is 0 Å². The zero-order valence-electron chi connectivity index (χ0n) is 10.9. The Kier molecular flexibility index (Phi) is 3.13. The quantitative estimate of drug-likeness (QED) is 0.896. The van der Waals surface area contributed by atoms with Gasteiger partial charge in [-0.2, -0.15) is 0 Å². The maximum atomic E-state index is 6.24. The zero-order chi connectivity index (χ0) is 13.2. The summed E-state index contributed by atoms with van der Waals surface area (Å²) in [6.45, 7) is 0. The lowest BCUT2D eigenvalue weighted by atomic mass is 9.93. The van der Waals surface area contributed by atoms with E-state index in [0.717, 1.165) is 29.0 Å². The minimum absolute atomic E-state index is 0.000128. The standard InChI is InChI=1S/C16H17NO2/c1-18-14-8-4-3-7-12(14)16-10-13(17)11-6-2-5-9-15(11)19-16/h2-9,13,16H,10,17H2,1H3/t13-,16?/m0/s1. The van der Waals surface area contributed by atoms with Crippen molar-refractivity contribution in [2.24, 2.45) is 5.73 Å². The largest absolute Gasteiger partial charge is 0.496 e. The summed E-state index contributed by atoms with van der Waals surface area (Å²) in [5, 5.41) is 0. The van der Waals surface area contributed by atoms with E-state index in [1.807, 2.05) is 48.5 Å². The highest BCUT2D eigenvalue weighted by Crippen LogP contribution is 2.41. The third-order valence-corrected chi connectivity index (χ3v) is 3.54. The molecule has 0 spiro atoms. The highest BCUT2D eigenvalue weighted by Gasteiger charge is 2.28. The SMILES string of the molecule is COc1ccccc1C1C[C@H](N)c2ccccc2O1. The molecular weight excluding hydrogens is 238 g/mol. The molecule has 0 radical (unpaired) electrons. The molecule has 19 heavy (non-hydrogen) atoms. The number of methoxy groups -OCH3 is 1. The molecule has 1 aliphatic heterocycles. The van der Waals surface area contributed by atoms with Crippen LogP contribution < -0.4 is 15.2 Å². The van der Waals surface area contributed by atoms with Crippen molar-refractivity contribution in [1.29, 1.82) is 0 Å². The van der Waals surface area contributed by atoms with Crippen molar-refractivity contribution >= 4 is 0 Å². The first-order valence-electron chi connectivity index (χ1n) is 6.43. The molecule has 0 saturated carbocycles. The summed E-state index contributed by atoms with van der Waals surface area (Å²) in [6, 6.07) is 15.9. The molecular formula is C16H17NO2. The van der Waals surface area contributed by atoms with E-state index in [1.165, 1.54) is 0 Å². The van der Waals surface area contributed by atoms with E-state index in [4.69, 9.17) is 15.2 Å². The predicted molar refractivity (Wildman–Crippen MR) is 74.4 cm³/mol. The number of rotatable bonds is 2. The second-order valence-corrected chi connectivity index (χ2v) is 4.73. The number of fused-ring (bicyclic) bond motifs is 1. The van der Waals surface area contributed by atoms with Gasteiger partial charge in [-0.15, -0.1) is 0 Å². The number of ether oxygens (including phenoxy) is 2. The molecule has 3 rings (SSSR count). The monoisotopic (exact) mass is 255 g/mol. The Morgan fingerprint density at radius 3 is 2.53 bits per heavy atom. The predicted octanol–water partition coefficient (Wildman–Crippen LogP) is 3.22. The van der Waals surface area contributed by atoms with Gasteiger partial charge in [0.25, 0.3) is 0 Å². The second-order valence-electron chi connectivity index (χ2n) is 4.73. The Hall–Kier alpha value is -2.00. The molecule has 2 aromatic rings. The van der Waals surface area contributed by atoms with Gasteiger partial charge in [-0.3, -0.25) is 0 Å². The van der Waals surface area contributed by atoms with E-state index >= 15 is 0 Å². The summed E-state index contributed by atoms with van der Waals surface area (Å²) in [6.07, 6.45) is 0.707. The van der Waals surface area contributed by atoms with Crippen LogP contribution in [0, 0.1) is 0 Å². The first-order chi connectivity index (χ1) is 9.29. The molecule has 0 amide bonds. The van der Waals surface area contributed by atoms with Crippen LogP contribution >= 0.6 is 0 Å². The van der Waals surface area contributed by atoms with Crippen LogP contribution in [0.5, 0.6) is 11.5 Å². The summed E-state index contributed by atoms with van der Waals surface area (Å²) >= 11 is 0. The van der Waals surface area contributed by atoms with Crippen molar-refractivity contribution in [1.82, 2.24) is 0 Å². The minimum Gasteiger partial charge on any atom is -0.496 e. The van der Waals surface area contributed by atoms with Crippen molar-refractivity contribution in [3.8, 4) is 11.5 Å². The van der Waals surface area contributed by atoms with Crippen LogP contribution in [0.2, 0.25) is 0 Å². The first-order valence-corrected chi connectivity index (χ1v) is 6.43. The van der Waals surface area contributed by atoms with Crippen molar-refractivity contribution in [3.63, 3.8) is 0 Å². The van der Waals surface area contributed by atoms with Gasteiger partial charge in [0.2, 0.25) is 0 Å². The number of para-hydroxylation sites is 2. The fourth-order valence-corrected chi connectivity index (χ4v) is 2.58. The summed E-state index contributed by atoms with van der Waals surface area (Å²) in [5.74, 6) is 1.72. The van der Waals surface area contributed by atoms with Crippen LogP contribution in [-0.4, -0.2) is 7.11 Å². The van der Waals surface area contributed by atoms with Gasteiger partial charge in [0.05, 0.1) is 7.11 Å². The van der Waals surface area contributed by atoms with Gasteiger partial charge in [-0.1, -0.05) is 36.4 Å². The lowest BCUT2D eigenvalue weighted by Gasteiger charge is -2.31. The van der Waals surface area contributed by atoms with Gasteiger partial charge in [0.1, 0.15) is 17.6 Å². The fourth-order valence-electron chi connectivity index (χ4n) is 2.58. The topological polar surface area (TPSA) is 44.5 Å². The molecule has 1 heterocycles. The van der Waals surface area contributed by atoms with Gasteiger partial charge < -0.3 is 15.2 Å². The fraction of sp³-hybridized carbons (Fsp3) is 0.250. The van der Waals surface area contributed by atoms with Gasteiger partial charge in [-0.25, -0.2) is 0 Å². The van der Waals surface area contributed by atoms with Crippen LogP contribution in [0.15, 0.2) is 48.5 Å². The summed E-state index contributed by atoms with van der Waals surface area (Å²) in [4.78, 5) is 0. The molecule has 0 bridgehead atoms. The molecule has 2 atom stereocenters. The average Bonchev–Trinajstić information content (AvgIpc) is 2.47. The Labute approximate surface area is 113 Å². The molecule has 1 aliphatic rings. The third-order valence-electron chi connectivity index (χ3n) is 3.54. The number of benzene rings is 2. The average molecular weight is 255 g/mol. The van der Waals surface area contributed by atoms with Crippen LogP contribution in [0.25, 0.3) is 0 Å². The normalized spacial score (nSPS) is 21.4. The number of hydrogen-bond acceptors (Lipinski definition) is 3. The minimum atomic E-state index is -0.0546. The zero-order valence-corrected chi connectivity index (χ0v) is 10.9. The molecule has 98 valence electrons. The number of hydrogen-bond donors (Lipinski definition) is 1. The number of nitrogens with two attached hydrogens (primary N) is 1. The highest BCUT2D eigenvalue weighted by atomic mass is 16.5. The smallest absolute Gasteiger partial charge is 0.129 e. The Bertz CT molecular complexity index is 582. The summed E-state index contributed by atoms with van der Waals surface area (Å²) in [7, 11) is 1.68. The van der Waals surface area contributed by atoms with Crippen LogP contribution in [-0.2, 0) is 0 Å². The van der Waals surface area contributed by atoms with Gasteiger partial charge in [0.15, 0.2) is 0 Å². The lowest BCUT2D eigenvalue weighted by molar-refractivity contribution is 0.158. The van der Waals surface area contributed by atoms with E-state index < -0.39 is 0 Å². The van der Waals surface area contributed by atoms with E-state index in [0.29, 0.717) is 0 Å².